The molecule has 0 amide bonds. The van der Waals surface area contributed by atoms with Gasteiger partial charge in [0, 0.05) is 19.1 Å². The van der Waals surface area contributed by atoms with Crippen molar-refractivity contribution in [3.05, 3.63) is 35.9 Å². The van der Waals surface area contributed by atoms with Crippen molar-refractivity contribution in [2.75, 3.05) is 13.1 Å². The van der Waals surface area contributed by atoms with Crippen molar-refractivity contribution in [2.45, 2.75) is 25.4 Å². The largest absolute Gasteiger partial charge is 0.473 e. The highest BCUT2D eigenvalue weighted by Gasteiger charge is 2.12. The van der Waals surface area contributed by atoms with Crippen molar-refractivity contribution in [1.29, 1.82) is 0 Å². The van der Waals surface area contributed by atoms with E-state index in [-0.39, 0.29) is 0 Å². The van der Waals surface area contributed by atoms with Gasteiger partial charge in [0.1, 0.15) is 0 Å². The van der Waals surface area contributed by atoms with E-state index in [0.717, 1.165) is 13.1 Å². The van der Waals surface area contributed by atoms with Crippen molar-refractivity contribution in [1.82, 2.24) is 10.6 Å². The number of benzene rings is 1. The highest BCUT2D eigenvalue weighted by atomic mass is 16.4. The van der Waals surface area contributed by atoms with Crippen LogP contribution in [0.25, 0.3) is 0 Å². The third-order valence-electron chi connectivity index (χ3n) is 3.09. The van der Waals surface area contributed by atoms with Gasteiger partial charge >= 0.3 is 23.9 Å². The first kappa shape index (κ1) is 23.0. The molecule has 144 valence electrons. The van der Waals surface area contributed by atoms with Crippen molar-refractivity contribution >= 4 is 23.9 Å². The molecule has 1 atom stereocenters. The van der Waals surface area contributed by atoms with E-state index in [4.69, 9.17) is 39.6 Å². The summed E-state index contributed by atoms with van der Waals surface area (Å²) in [6, 6.07) is 11.3. The van der Waals surface area contributed by atoms with Crippen LogP contribution in [0.15, 0.2) is 30.3 Å². The summed E-state index contributed by atoms with van der Waals surface area (Å²) in [5, 5.41) is 36.5. The molecule has 1 aliphatic rings. The van der Waals surface area contributed by atoms with E-state index in [1.54, 1.807) is 0 Å². The number of hydrogen-bond donors (Lipinski definition) is 6. The van der Waals surface area contributed by atoms with Crippen molar-refractivity contribution in [3.63, 3.8) is 0 Å². The number of carboxylic acids is 4. The number of nitrogens with one attached hydrogen (secondary N) is 2. The second-order valence-electron chi connectivity index (χ2n) is 5.13. The average Bonchev–Trinajstić information content (AvgIpc) is 3.10. The third-order valence-corrected chi connectivity index (χ3v) is 3.09. The summed E-state index contributed by atoms with van der Waals surface area (Å²) in [5.41, 5.74) is 1.37. The first-order valence-corrected chi connectivity index (χ1v) is 7.64. The van der Waals surface area contributed by atoms with Gasteiger partial charge in [-0.2, -0.15) is 0 Å². The Morgan fingerprint density at radius 2 is 1.42 bits per heavy atom. The van der Waals surface area contributed by atoms with Crippen LogP contribution in [-0.4, -0.2) is 63.4 Å². The van der Waals surface area contributed by atoms with E-state index in [1.807, 2.05) is 0 Å². The zero-order chi connectivity index (χ0) is 19.9. The SMILES string of the molecule is O=C(O)C(=O)O.O=C(O)C(=O)O.c1ccc(CNCC2CCCN2)cc1. The topological polar surface area (TPSA) is 173 Å². The fraction of sp³-hybridized carbons (Fsp3) is 0.375. The van der Waals surface area contributed by atoms with Gasteiger partial charge in [-0.15, -0.1) is 0 Å². The van der Waals surface area contributed by atoms with Crippen LogP contribution in [-0.2, 0) is 25.7 Å². The lowest BCUT2D eigenvalue weighted by Crippen LogP contribution is -2.33. The molecule has 1 aliphatic heterocycles. The molecule has 2 rings (SSSR count). The molecule has 0 saturated carbocycles. The second-order valence-corrected chi connectivity index (χ2v) is 5.13. The molecule has 26 heavy (non-hydrogen) atoms. The maximum Gasteiger partial charge on any atom is 0.414 e. The van der Waals surface area contributed by atoms with E-state index >= 15 is 0 Å². The van der Waals surface area contributed by atoms with Crippen molar-refractivity contribution < 1.29 is 39.6 Å². The Morgan fingerprint density at radius 3 is 1.81 bits per heavy atom. The molecule has 10 nitrogen and oxygen atoms in total. The van der Waals surface area contributed by atoms with Gasteiger partial charge in [-0.05, 0) is 24.9 Å². The number of aliphatic carboxylic acids is 4. The van der Waals surface area contributed by atoms with Gasteiger partial charge in [-0.25, -0.2) is 19.2 Å². The van der Waals surface area contributed by atoms with Crippen LogP contribution in [0.3, 0.4) is 0 Å². The zero-order valence-electron chi connectivity index (χ0n) is 13.9. The number of rotatable bonds is 4. The summed E-state index contributed by atoms with van der Waals surface area (Å²) in [6.45, 7) is 3.27. The lowest BCUT2D eigenvalue weighted by atomic mass is 10.2. The maximum atomic E-state index is 9.10. The minimum Gasteiger partial charge on any atom is -0.473 e. The monoisotopic (exact) mass is 370 g/mol. The van der Waals surface area contributed by atoms with Gasteiger partial charge < -0.3 is 31.1 Å². The van der Waals surface area contributed by atoms with Crippen LogP contribution in [0.2, 0.25) is 0 Å². The molecule has 1 saturated heterocycles. The molecule has 0 spiro atoms. The van der Waals surface area contributed by atoms with Gasteiger partial charge in [0.05, 0.1) is 0 Å². The molecule has 10 heteroatoms. The summed E-state index contributed by atoms with van der Waals surface area (Å²) < 4.78 is 0. The normalized spacial score (nSPS) is 14.8. The van der Waals surface area contributed by atoms with E-state index in [9.17, 15) is 0 Å². The predicted molar refractivity (Wildman–Crippen MR) is 89.7 cm³/mol. The highest BCUT2D eigenvalue weighted by Crippen LogP contribution is 2.04. The van der Waals surface area contributed by atoms with E-state index in [1.165, 1.54) is 24.9 Å². The quantitative estimate of drug-likeness (QED) is 0.391. The Kier molecular flexibility index (Phi) is 11.8. The summed E-state index contributed by atoms with van der Waals surface area (Å²) in [7, 11) is 0. The van der Waals surface area contributed by atoms with Crippen LogP contribution in [0.1, 0.15) is 18.4 Å². The minimum atomic E-state index is -1.82. The van der Waals surface area contributed by atoms with Crippen molar-refractivity contribution in [3.8, 4) is 0 Å². The molecule has 1 fully saturated rings. The second kappa shape index (κ2) is 13.3. The Balaban J connectivity index is 0.000000437. The fourth-order valence-electron chi connectivity index (χ4n) is 1.92. The average molecular weight is 370 g/mol. The number of carbonyl (C=O) groups is 4. The zero-order valence-corrected chi connectivity index (χ0v) is 13.9. The predicted octanol–water partition coefficient (Wildman–Crippen LogP) is -0.161. The van der Waals surface area contributed by atoms with Gasteiger partial charge in [0.15, 0.2) is 0 Å². The molecule has 1 heterocycles. The Morgan fingerprint density at radius 1 is 0.923 bits per heavy atom. The fourth-order valence-corrected chi connectivity index (χ4v) is 1.92. The van der Waals surface area contributed by atoms with E-state index in [0.29, 0.717) is 6.04 Å². The van der Waals surface area contributed by atoms with Gasteiger partial charge in [-0.3, -0.25) is 0 Å². The molecule has 0 radical (unpaired) electrons. The van der Waals surface area contributed by atoms with Crippen LogP contribution >= 0.6 is 0 Å². The van der Waals surface area contributed by atoms with E-state index in [2.05, 4.69) is 41.0 Å². The Labute approximate surface area is 149 Å². The van der Waals surface area contributed by atoms with Crippen LogP contribution < -0.4 is 10.6 Å². The van der Waals surface area contributed by atoms with Crippen LogP contribution in [0.4, 0.5) is 0 Å². The maximum absolute atomic E-state index is 9.10. The Bertz CT molecular complexity index is 537. The molecule has 0 aromatic heterocycles. The molecule has 1 unspecified atom stereocenters. The first-order valence-electron chi connectivity index (χ1n) is 7.64. The summed E-state index contributed by atoms with van der Waals surface area (Å²) in [4.78, 5) is 36.4. The molecule has 0 aliphatic carbocycles. The standard InChI is InChI=1S/C12H18N2.2C2H2O4/c1-2-5-11(6-3-1)9-13-10-12-7-4-8-14-12;2*3-1(4)2(5)6/h1-3,5-6,12-14H,4,7-10H2;2*(H,3,4)(H,5,6). The van der Waals surface area contributed by atoms with Gasteiger partial charge in [-0.1, -0.05) is 30.3 Å². The molecular weight excluding hydrogens is 348 g/mol. The number of carboxylic acid groups (broad SMARTS) is 4. The summed E-state index contributed by atoms with van der Waals surface area (Å²) in [5.74, 6) is -7.30. The van der Waals surface area contributed by atoms with Crippen LogP contribution in [0.5, 0.6) is 0 Å². The van der Waals surface area contributed by atoms with E-state index < -0.39 is 23.9 Å². The highest BCUT2D eigenvalue weighted by molar-refractivity contribution is 6.27. The molecule has 1 aromatic carbocycles. The summed E-state index contributed by atoms with van der Waals surface area (Å²) >= 11 is 0. The van der Waals surface area contributed by atoms with Crippen LogP contribution in [0, 0.1) is 0 Å². The molecular formula is C16H22N2O8. The van der Waals surface area contributed by atoms with Gasteiger partial charge in [0.25, 0.3) is 0 Å². The Hall–Kier alpha value is -2.98. The van der Waals surface area contributed by atoms with Gasteiger partial charge in [0.2, 0.25) is 0 Å². The summed E-state index contributed by atoms with van der Waals surface area (Å²) in [6.07, 6.45) is 2.65. The first-order chi connectivity index (χ1) is 12.2. The smallest absolute Gasteiger partial charge is 0.414 e. The third kappa shape index (κ3) is 12.4. The minimum absolute atomic E-state index is 0.693. The number of hydrogen-bond acceptors (Lipinski definition) is 6. The molecule has 1 aromatic rings. The molecule has 0 bridgehead atoms. The van der Waals surface area contributed by atoms with Crippen molar-refractivity contribution in [2.24, 2.45) is 0 Å². The molecule has 6 N–H and O–H groups in total. The lowest BCUT2D eigenvalue weighted by Gasteiger charge is -2.11. The lowest BCUT2D eigenvalue weighted by molar-refractivity contribution is -0.159.